The molecular weight excluding hydrogens is 312 g/mol. The molecule has 2 nitrogen and oxygen atoms in total. The third kappa shape index (κ3) is 2.11. The predicted molar refractivity (Wildman–Crippen MR) is 77.0 cm³/mol. The fourth-order valence-corrected chi connectivity index (χ4v) is 3.35. The third-order valence-corrected chi connectivity index (χ3v) is 4.50. The van der Waals surface area contributed by atoms with Crippen LogP contribution in [0, 0.1) is 6.92 Å². The van der Waals surface area contributed by atoms with E-state index >= 15 is 0 Å². The van der Waals surface area contributed by atoms with E-state index in [-0.39, 0.29) is 0 Å². The summed E-state index contributed by atoms with van der Waals surface area (Å²) in [6, 6.07) is 11.7. The van der Waals surface area contributed by atoms with E-state index in [9.17, 15) is 5.11 Å². The SMILES string of the molecule is Cc1ccc2oc(C(O)c3ccc(Br)s3)cc2c1. The highest BCUT2D eigenvalue weighted by Gasteiger charge is 2.17. The maximum atomic E-state index is 10.3. The number of halogens is 1. The number of aliphatic hydroxyl groups is 1. The van der Waals surface area contributed by atoms with Crippen molar-refractivity contribution < 1.29 is 9.52 Å². The van der Waals surface area contributed by atoms with Crippen LogP contribution in [-0.4, -0.2) is 5.11 Å². The molecule has 2 aromatic heterocycles. The van der Waals surface area contributed by atoms with Crippen molar-refractivity contribution in [1.82, 2.24) is 0 Å². The van der Waals surface area contributed by atoms with Crippen molar-refractivity contribution in [2.75, 3.05) is 0 Å². The Morgan fingerprint density at radius 3 is 2.78 bits per heavy atom. The molecule has 3 rings (SSSR count). The lowest BCUT2D eigenvalue weighted by Crippen LogP contribution is -1.93. The van der Waals surface area contributed by atoms with E-state index in [1.165, 1.54) is 16.9 Å². The van der Waals surface area contributed by atoms with Gasteiger partial charge in [-0.1, -0.05) is 11.6 Å². The van der Waals surface area contributed by atoms with Gasteiger partial charge in [-0.25, -0.2) is 0 Å². The minimum Gasteiger partial charge on any atom is -0.458 e. The normalized spacial score (nSPS) is 13.1. The number of rotatable bonds is 2. The summed E-state index contributed by atoms with van der Waals surface area (Å²) in [4.78, 5) is 0.873. The largest absolute Gasteiger partial charge is 0.458 e. The van der Waals surface area contributed by atoms with E-state index in [1.54, 1.807) is 0 Å². The molecule has 4 heteroatoms. The second-order valence-electron chi connectivity index (χ2n) is 4.23. The molecule has 0 radical (unpaired) electrons. The Labute approximate surface area is 117 Å². The summed E-state index contributed by atoms with van der Waals surface area (Å²) in [6.45, 7) is 2.04. The Kier molecular flexibility index (Phi) is 3.01. The van der Waals surface area contributed by atoms with Gasteiger partial charge in [0.25, 0.3) is 0 Å². The smallest absolute Gasteiger partial charge is 0.146 e. The van der Waals surface area contributed by atoms with Crippen LogP contribution in [0.2, 0.25) is 0 Å². The molecule has 0 aliphatic carbocycles. The molecule has 0 fully saturated rings. The standard InChI is InChI=1S/C14H11BrO2S/c1-8-2-3-10-9(6-8)7-11(17-10)14(16)12-4-5-13(15)18-12/h2-7,14,16H,1H3. The maximum Gasteiger partial charge on any atom is 0.146 e. The summed E-state index contributed by atoms with van der Waals surface area (Å²) in [5.41, 5.74) is 1.99. The highest BCUT2D eigenvalue weighted by molar-refractivity contribution is 9.11. The first-order valence-corrected chi connectivity index (χ1v) is 7.18. The van der Waals surface area contributed by atoms with Crippen molar-refractivity contribution in [3.05, 3.63) is 56.4 Å². The number of thiophene rings is 1. The average molecular weight is 323 g/mol. The fourth-order valence-electron chi connectivity index (χ4n) is 1.93. The molecule has 0 amide bonds. The molecule has 18 heavy (non-hydrogen) atoms. The topological polar surface area (TPSA) is 33.4 Å². The van der Waals surface area contributed by atoms with Gasteiger partial charge in [0, 0.05) is 10.3 Å². The van der Waals surface area contributed by atoms with Crippen molar-refractivity contribution in [2.24, 2.45) is 0 Å². The Morgan fingerprint density at radius 2 is 2.06 bits per heavy atom. The van der Waals surface area contributed by atoms with Crippen LogP contribution in [0.4, 0.5) is 0 Å². The van der Waals surface area contributed by atoms with Crippen LogP contribution >= 0.6 is 27.3 Å². The predicted octanol–water partition coefficient (Wildman–Crippen LogP) is 4.65. The molecule has 1 unspecified atom stereocenters. The van der Waals surface area contributed by atoms with Crippen LogP contribution in [0.1, 0.15) is 22.3 Å². The van der Waals surface area contributed by atoms with Gasteiger partial charge in [-0.2, -0.15) is 0 Å². The van der Waals surface area contributed by atoms with Crippen molar-refractivity contribution in [3.63, 3.8) is 0 Å². The Morgan fingerprint density at radius 1 is 1.22 bits per heavy atom. The van der Waals surface area contributed by atoms with Gasteiger partial charge in [0.2, 0.25) is 0 Å². The summed E-state index contributed by atoms with van der Waals surface area (Å²) in [5, 5.41) is 11.3. The lowest BCUT2D eigenvalue weighted by atomic mass is 10.1. The van der Waals surface area contributed by atoms with Gasteiger partial charge in [0.1, 0.15) is 17.4 Å². The van der Waals surface area contributed by atoms with E-state index in [0.717, 1.165) is 19.6 Å². The van der Waals surface area contributed by atoms with Gasteiger partial charge < -0.3 is 9.52 Å². The van der Waals surface area contributed by atoms with Crippen LogP contribution < -0.4 is 0 Å². The molecule has 3 aromatic rings. The fraction of sp³-hybridized carbons (Fsp3) is 0.143. The first kappa shape index (κ1) is 12.0. The van der Waals surface area contributed by atoms with Gasteiger partial charge in [0.15, 0.2) is 0 Å². The first-order valence-electron chi connectivity index (χ1n) is 5.57. The first-order chi connectivity index (χ1) is 8.63. The highest BCUT2D eigenvalue weighted by atomic mass is 79.9. The van der Waals surface area contributed by atoms with E-state index in [1.807, 2.05) is 37.3 Å². The zero-order valence-corrected chi connectivity index (χ0v) is 12.1. The number of aryl methyl sites for hydroxylation is 1. The van der Waals surface area contributed by atoms with Crippen molar-refractivity contribution in [2.45, 2.75) is 13.0 Å². The minimum atomic E-state index is -0.700. The van der Waals surface area contributed by atoms with Crippen LogP contribution in [-0.2, 0) is 0 Å². The number of hydrogen-bond acceptors (Lipinski definition) is 3. The van der Waals surface area contributed by atoms with Crippen LogP contribution in [0.15, 0.2) is 44.6 Å². The summed E-state index contributed by atoms with van der Waals surface area (Å²) < 4.78 is 6.69. The summed E-state index contributed by atoms with van der Waals surface area (Å²) in [6.07, 6.45) is -0.700. The highest BCUT2D eigenvalue weighted by Crippen LogP contribution is 2.33. The number of fused-ring (bicyclic) bond motifs is 1. The van der Waals surface area contributed by atoms with Crippen molar-refractivity contribution in [3.8, 4) is 0 Å². The quantitative estimate of drug-likeness (QED) is 0.745. The van der Waals surface area contributed by atoms with Gasteiger partial charge in [-0.15, -0.1) is 11.3 Å². The molecule has 0 saturated carbocycles. The number of aliphatic hydroxyl groups excluding tert-OH is 1. The number of benzene rings is 1. The number of furan rings is 1. The number of hydrogen-bond donors (Lipinski definition) is 1. The van der Waals surface area contributed by atoms with E-state index < -0.39 is 6.10 Å². The van der Waals surface area contributed by atoms with E-state index in [0.29, 0.717) is 5.76 Å². The lowest BCUT2D eigenvalue weighted by molar-refractivity contribution is 0.196. The molecule has 1 atom stereocenters. The monoisotopic (exact) mass is 322 g/mol. The van der Waals surface area contributed by atoms with E-state index in [2.05, 4.69) is 22.0 Å². The molecule has 1 N–H and O–H groups in total. The minimum absolute atomic E-state index is 0.588. The lowest BCUT2D eigenvalue weighted by Gasteiger charge is -2.03. The Hall–Kier alpha value is -1.10. The van der Waals surface area contributed by atoms with Gasteiger partial charge in [-0.3, -0.25) is 0 Å². The van der Waals surface area contributed by atoms with Crippen LogP contribution in [0.3, 0.4) is 0 Å². The van der Waals surface area contributed by atoms with Gasteiger partial charge in [-0.05, 0) is 53.2 Å². The molecule has 92 valence electrons. The zero-order valence-electron chi connectivity index (χ0n) is 9.68. The summed E-state index contributed by atoms with van der Waals surface area (Å²) >= 11 is 4.90. The van der Waals surface area contributed by atoms with Crippen LogP contribution in [0.25, 0.3) is 11.0 Å². The molecule has 0 saturated heterocycles. The van der Waals surface area contributed by atoms with Crippen LogP contribution in [0.5, 0.6) is 0 Å². The molecule has 0 aliphatic rings. The molecular formula is C14H11BrO2S. The summed E-state index contributed by atoms with van der Waals surface area (Å²) in [7, 11) is 0. The Balaban J connectivity index is 2.03. The maximum absolute atomic E-state index is 10.3. The average Bonchev–Trinajstić information content (AvgIpc) is 2.93. The Bertz CT molecular complexity index is 699. The van der Waals surface area contributed by atoms with E-state index in [4.69, 9.17) is 4.42 Å². The molecule has 0 spiro atoms. The van der Waals surface area contributed by atoms with Crippen molar-refractivity contribution in [1.29, 1.82) is 0 Å². The van der Waals surface area contributed by atoms with Gasteiger partial charge >= 0.3 is 0 Å². The van der Waals surface area contributed by atoms with Crippen molar-refractivity contribution >= 4 is 38.2 Å². The molecule has 0 bridgehead atoms. The molecule has 0 aliphatic heterocycles. The summed E-state index contributed by atoms with van der Waals surface area (Å²) in [5.74, 6) is 0.588. The second-order valence-corrected chi connectivity index (χ2v) is 6.73. The third-order valence-electron chi connectivity index (χ3n) is 2.82. The second kappa shape index (κ2) is 4.53. The zero-order chi connectivity index (χ0) is 12.7. The molecule has 1 aromatic carbocycles. The molecule has 2 heterocycles. The van der Waals surface area contributed by atoms with Gasteiger partial charge in [0.05, 0.1) is 3.79 Å².